The van der Waals surface area contributed by atoms with Gasteiger partial charge in [0, 0.05) is 4.47 Å². The van der Waals surface area contributed by atoms with Gasteiger partial charge < -0.3 is 14.5 Å². The van der Waals surface area contributed by atoms with Gasteiger partial charge in [-0.15, -0.1) is 0 Å². The van der Waals surface area contributed by atoms with Crippen LogP contribution in [-0.2, 0) is 4.79 Å². The predicted molar refractivity (Wildman–Crippen MR) is 130 cm³/mol. The second-order valence-electron chi connectivity index (χ2n) is 7.27. The Hall–Kier alpha value is -2.35. The van der Waals surface area contributed by atoms with Crippen molar-refractivity contribution >= 4 is 66.2 Å². The summed E-state index contributed by atoms with van der Waals surface area (Å²) in [5, 5.41) is 3.47. The van der Waals surface area contributed by atoms with Crippen molar-refractivity contribution in [2.45, 2.75) is 19.4 Å². The second kappa shape index (κ2) is 8.65. The van der Waals surface area contributed by atoms with E-state index in [0.29, 0.717) is 48.0 Å². The Kier molecular flexibility index (Phi) is 6.10. The van der Waals surface area contributed by atoms with Crippen molar-refractivity contribution in [1.82, 2.24) is 4.98 Å². The fourth-order valence-corrected chi connectivity index (χ4v) is 4.54. The minimum absolute atomic E-state index is 0.313. The molecule has 5 nitrogen and oxygen atoms in total. The molecule has 1 heterocycles. The lowest BCUT2D eigenvalue weighted by molar-refractivity contribution is -0.128. The Bertz CT molecular complexity index is 1270. The van der Waals surface area contributed by atoms with Crippen LogP contribution in [0.3, 0.4) is 0 Å². The van der Waals surface area contributed by atoms with Gasteiger partial charge >= 0.3 is 0 Å². The highest BCUT2D eigenvalue weighted by Gasteiger charge is 2.31. The molecule has 0 fully saturated rings. The Morgan fingerprint density at radius 2 is 1.77 bits per heavy atom. The second-order valence-corrected chi connectivity index (χ2v) is 9.33. The summed E-state index contributed by atoms with van der Waals surface area (Å²) in [4.78, 5) is 17.6. The standard InChI is InChI=1S/C23H17Br2ClN2O3/c1-23(2,31-13-8-4-3-5-9-13)22(29)28-19-15(24)12-17-20(18(19)25)27-21(30-17)14-10-6-7-11-16(14)26/h3-12H,1-2H3,(H,28,29). The maximum Gasteiger partial charge on any atom is 0.268 e. The van der Waals surface area contributed by atoms with Crippen molar-refractivity contribution in [2.75, 3.05) is 5.32 Å². The Balaban J connectivity index is 1.66. The molecule has 1 aromatic heterocycles. The van der Waals surface area contributed by atoms with Crippen LogP contribution in [0.5, 0.6) is 5.75 Å². The number of aromatic nitrogens is 1. The molecular weight excluding hydrogens is 548 g/mol. The first-order valence-corrected chi connectivity index (χ1v) is 11.3. The summed E-state index contributed by atoms with van der Waals surface area (Å²) in [6.45, 7) is 3.42. The van der Waals surface area contributed by atoms with E-state index in [1.54, 1.807) is 38.1 Å². The van der Waals surface area contributed by atoms with Gasteiger partial charge in [0.25, 0.3) is 5.91 Å². The number of nitrogens with zero attached hydrogens (tertiary/aromatic N) is 1. The molecule has 0 atom stereocenters. The molecule has 0 saturated carbocycles. The van der Waals surface area contributed by atoms with Crippen LogP contribution in [0, 0.1) is 0 Å². The van der Waals surface area contributed by atoms with Crippen molar-refractivity contribution in [1.29, 1.82) is 0 Å². The maximum absolute atomic E-state index is 13.0. The number of amides is 1. The molecule has 4 aromatic rings. The molecule has 1 amide bonds. The van der Waals surface area contributed by atoms with Crippen LogP contribution in [0.25, 0.3) is 22.6 Å². The number of rotatable bonds is 5. The van der Waals surface area contributed by atoms with Gasteiger partial charge in [-0.25, -0.2) is 4.98 Å². The van der Waals surface area contributed by atoms with E-state index in [4.69, 9.17) is 20.8 Å². The zero-order valence-electron chi connectivity index (χ0n) is 16.6. The van der Waals surface area contributed by atoms with Gasteiger partial charge in [0.2, 0.25) is 5.89 Å². The average Bonchev–Trinajstić information content (AvgIpc) is 3.15. The highest BCUT2D eigenvalue weighted by molar-refractivity contribution is 9.11. The van der Waals surface area contributed by atoms with Crippen LogP contribution in [0.4, 0.5) is 5.69 Å². The molecule has 0 unspecified atom stereocenters. The first-order valence-electron chi connectivity index (χ1n) is 9.35. The first-order chi connectivity index (χ1) is 14.8. The number of anilines is 1. The topological polar surface area (TPSA) is 64.4 Å². The van der Waals surface area contributed by atoms with Crippen LogP contribution >= 0.6 is 43.5 Å². The third-order valence-electron chi connectivity index (χ3n) is 4.58. The van der Waals surface area contributed by atoms with Gasteiger partial charge in [0.15, 0.2) is 11.2 Å². The number of halogens is 3. The maximum atomic E-state index is 13.0. The number of carbonyl (C=O) groups is 1. The summed E-state index contributed by atoms with van der Waals surface area (Å²) in [6, 6.07) is 18.3. The number of benzene rings is 3. The molecule has 4 rings (SSSR count). The van der Waals surface area contributed by atoms with Gasteiger partial charge in [0.1, 0.15) is 11.3 Å². The third kappa shape index (κ3) is 4.49. The molecule has 0 spiro atoms. The number of ether oxygens (including phenoxy) is 1. The van der Waals surface area contributed by atoms with E-state index in [1.165, 1.54) is 0 Å². The summed E-state index contributed by atoms with van der Waals surface area (Å²) < 4.78 is 13.0. The number of oxazole rings is 1. The van der Waals surface area contributed by atoms with Crippen LogP contribution in [0.2, 0.25) is 5.02 Å². The molecular formula is C23H17Br2ClN2O3. The Labute approximate surface area is 201 Å². The van der Waals surface area contributed by atoms with Crippen LogP contribution in [-0.4, -0.2) is 16.5 Å². The monoisotopic (exact) mass is 562 g/mol. The van der Waals surface area contributed by atoms with Crippen LogP contribution in [0.1, 0.15) is 13.8 Å². The van der Waals surface area contributed by atoms with Crippen molar-refractivity contribution in [2.24, 2.45) is 0 Å². The molecule has 0 radical (unpaired) electrons. The molecule has 3 aromatic carbocycles. The molecule has 0 aliphatic rings. The predicted octanol–water partition coefficient (Wildman–Crippen LogP) is 7.47. The van der Waals surface area contributed by atoms with E-state index in [0.717, 1.165) is 0 Å². The minimum Gasteiger partial charge on any atom is -0.478 e. The number of carbonyl (C=O) groups excluding carboxylic acids is 1. The highest BCUT2D eigenvalue weighted by atomic mass is 79.9. The fraction of sp³-hybridized carbons (Fsp3) is 0.130. The van der Waals surface area contributed by atoms with Gasteiger partial charge in [-0.2, -0.15) is 0 Å². The molecule has 0 aliphatic carbocycles. The van der Waals surface area contributed by atoms with E-state index >= 15 is 0 Å². The lowest BCUT2D eigenvalue weighted by Crippen LogP contribution is -2.42. The largest absolute Gasteiger partial charge is 0.478 e. The van der Waals surface area contributed by atoms with Gasteiger partial charge in [-0.05, 0) is 76.0 Å². The number of para-hydroxylation sites is 1. The summed E-state index contributed by atoms with van der Waals surface area (Å²) in [5.74, 6) is 0.688. The average molecular weight is 565 g/mol. The number of fused-ring (bicyclic) bond motifs is 1. The quantitative estimate of drug-likeness (QED) is 0.273. The minimum atomic E-state index is -1.11. The smallest absolute Gasteiger partial charge is 0.268 e. The van der Waals surface area contributed by atoms with Crippen molar-refractivity contribution < 1.29 is 13.9 Å². The summed E-state index contributed by atoms with van der Waals surface area (Å²) >= 11 is 13.4. The highest BCUT2D eigenvalue weighted by Crippen LogP contribution is 2.40. The van der Waals surface area contributed by atoms with E-state index in [-0.39, 0.29) is 5.91 Å². The summed E-state index contributed by atoms with van der Waals surface area (Å²) in [7, 11) is 0. The molecule has 0 saturated heterocycles. The lowest BCUT2D eigenvalue weighted by Gasteiger charge is -2.25. The molecule has 1 N–H and O–H groups in total. The molecule has 0 aliphatic heterocycles. The van der Waals surface area contributed by atoms with Gasteiger partial charge in [0.05, 0.1) is 20.7 Å². The van der Waals surface area contributed by atoms with Crippen LogP contribution < -0.4 is 10.1 Å². The number of hydrogen-bond donors (Lipinski definition) is 1. The first kappa shape index (κ1) is 21.9. The van der Waals surface area contributed by atoms with Crippen molar-refractivity contribution in [3.63, 3.8) is 0 Å². The Morgan fingerprint density at radius 3 is 2.48 bits per heavy atom. The summed E-state index contributed by atoms with van der Waals surface area (Å²) in [6.07, 6.45) is 0. The van der Waals surface area contributed by atoms with E-state index in [1.807, 2.05) is 36.4 Å². The van der Waals surface area contributed by atoms with E-state index in [9.17, 15) is 4.79 Å². The molecule has 31 heavy (non-hydrogen) atoms. The van der Waals surface area contributed by atoms with E-state index < -0.39 is 5.60 Å². The van der Waals surface area contributed by atoms with Crippen LogP contribution in [0.15, 0.2) is 74.0 Å². The molecule has 158 valence electrons. The third-order valence-corrected chi connectivity index (χ3v) is 6.31. The SMILES string of the molecule is CC(C)(Oc1ccccc1)C(=O)Nc1c(Br)cc2oc(-c3ccccc3Cl)nc2c1Br. The number of hydrogen-bond acceptors (Lipinski definition) is 4. The zero-order valence-corrected chi connectivity index (χ0v) is 20.5. The normalized spacial score (nSPS) is 11.5. The van der Waals surface area contributed by atoms with Gasteiger partial charge in [-0.3, -0.25) is 4.79 Å². The fourth-order valence-electron chi connectivity index (χ4n) is 2.96. The summed E-state index contributed by atoms with van der Waals surface area (Å²) in [5.41, 5.74) is 1.22. The van der Waals surface area contributed by atoms with Gasteiger partial charge in [-0.1, -0.05) is 41.9 Å². The zero-order chi connectivity index (χ0) is 22.2. The molecule has 0 bridgehead atoms. The molecule has 8 heteroatoms. The number of nitrogens with one attached hydrogen (secondary N) is 1. The van der Waals surface area contributed by atoms with Crippen molar-refractivity contribution in [3.8, 4) is 17.2 Å². The lowest BCUT2D eigenvalue weighted by atomic mass is 10.1. The van der Waals surface area contributed by atoms with Crippen molar-refractivity contribution in [3.05, 3.63) is 74.6 Å². The Morgan fingerprint density at radius 1 is 1.10 bits per heavy atom. The van der Waals surface area contributed by atoms with E-state index in [2.05, 4.69) is 42.2 Å².